The molecule has 0 aliphatic heterocycles. The summed E-state index contributed by atoms with van der Waals surface area (Å²) in [6, 6.07) is 15.7. The molecule has 0 fully saturated rings. The normalized spacial score (nSPS) is 12.0. The Morgan fingerprint density at radius 2 is 1.86 bits per heavy atom. The first kappa shape index (κ1) is 16.9. The molecule has 0 unspecified atom stereocenters. The SMILES string of the molecule is CC[C@@H](Sc1ccc(Cl)cc1)C(=O)NCc1ccccc1C. The summed E-state index contributed by atoms with van der Waals surface area (Å²) in [5.41, 5.74) is 2.35. The number of carbonyl (C=O) groups is 1. The molecule has 0 heterocycles. The molecule has 2 aromatic carbocycles. The molecule has 0 radical (unpaired) electrons. The van der Waals surface area contributed by atoms with Crippen LogP contribution >= 0.6 is 23.4 Å². The average Bonchev–Trinajstić information content (AvgIpc) is 2.53. The van der Waals surface area contributed by atoms with Gasteiger partial charge in [0.15, 0.2) is 0 Å². The van der Waals surface area contributed by atoms with E-state index in [0.717, 1.165) is 16.9 Å². The van der Waals surface area contributed by atoms with Gasteiger partial charge >= 0.3 is 0 Å². The first-order chi connectivity index (χ1) is 10.6. The molecular formula is C18H20ClNOS. The number of nitrogens with one attached hydrogen (secondary N) is 1. The minimum Gasteiger partial charge on any atom is -0.351 e. The molecule has 116 valence electrons. The number of hydrogen-bond acceptors (Lipinski definition) is 2. The van der Waals surface area contributed by atoms with Gasteiger partial charge in [-0.15, -0.1) is 11.8 Å². The van der Waals surface area contributed by atoms with Crippen molar-refractivity contribution < 1.29 is 4.79 Å². The maximum Gasteiger partial charge on any atom is 0.233 e. The molecule has 0 saturated carbocycles. The summed E-state index contributed by atoms with van der Waals surface area (Å²) in [5, 5.41) is 3.65. The van der Waals surface area contributed by atoms with Gasteiger partial charge in [0.05, 0.1) is 5.25 Å². The smallest absolute Gasteiger partial charge is 0.233 e. The third kappa shape index (κ3) is 4.79. The third-order valence-corrected chi connectivity index (χ3v) is 5.10. The largest absolute Gasteiger partial charge is 0.351 e. The van der Waals surface area contributed by atoms with E-state index in [1.165, 1.54) is 5.56 Å². The van der Waals surface area contributed by atoms with Crippen molar-refractivity contribution >= 4 is 29.3 Å². The summed E-state index contributed by atoms with van der Waals surface area (Å²) in [5.74, 6) is 0.0747. The van der Waals surface area contributed by atoms with E-state index < -0.39 is 0 Å². The lowest BCUT2D eigenvalue weighted by molar-refractivity contribution is -0.120. The zero-order valence-electron chi connectivity index (χ0n) is 12.8. The number of aryl methyl sites for hydroxylation is 1. The second-order valence-electron chi connectivity index (χ2n) is 5.11. The van der Waals surface area contributed by atoms with Gasteiger partial charge in [-0.25, -0.2) is 0 Å². The molecule has 22 heavy (non-hydrogen) atoms. The number of carbonyl (C=O) groups excluding carboxylic acids is 1. The van der Waals surface area contributed by atoms with Crippen LogP contribution in [0.3, 0.4) is 0 Å². The summed E-state index contributed by atoms with van der Waals surface area (Å²) >= 11 is 7.46. The topological polar surface area (TPSA) is 29.1 Å². The quantitative estimate of drug-likeness (QED) is 0.767. The molecule has 1 N–H and O–H groups in total. The van der Waals surface area contributed by atoms with Gasteiger partial charge in [-0.05, 0) is 48.7 Å². The Balaban J connectivity index is 1.94. The van der Waals surface area contributed by atoms with Gasteiger partial charge in [0.2, 0.25) is 5.91 Å². The molecular weight excluding hydrogens is 314 g/mol. The van der Waals surface area contributed by atoms with Crippen LogP contribution in [0.4, 0.5) is 0 Å². The number of hydrogen-bond donors (Lipinski definition) is 1. The Kier molecular flexibility index (Phi) is 6.34. The Bertz CT molecular complexity index is 627. The molecule has 0 bridgehead atoms. The number of amides is 1. The van der Waals surface area contributed by atoms with E-state index in [1.807, 2.05) is 49.4 Å². The van der Waals surface area contributed by atoms with E-state index in [4.69, 9.17) is 11.6 Å². The van der Waals surface area contributed by atoms with E-state index in [-0.39, 0.29) is 11.2 Å². The summed E-state index contributed by atoms with van der Waals surface area (Å²) in [4.78, 5) is 13.4. The van der Waals surface area contributed by atoms with E-state index >= 15 is 0 Å². The second-order valence-corrected chi connectivity index (χ2v) is 6.83. The molecule has 0 aromatic heterocycles. The van der Waals surface area contributed by atoms with E-state index in [1.54, 1.807) is 11.8 Å². The predicted octanol–water partition coefficient (Wildman–Crippen LogP) is 4.84. The van der Waals surface area contributed by atoms with Crippen LogP contribution in [-0.2, 0) is 11.3 Å². The van der Waals surface area contributed by atoms with Crippen LogP contribution < -0.4 is 5.32 Å². The fraction of sp³-hybridized carbons (Fsp3) is 0.278. The lowest BCUT2D eigenvalue weighted by Crippen LogP contribution is -2.32. The van der Waals surface area contributed by atoms with Crippen molar-refractivity contribution in [3.63, 3.8) is 0 Å². The van der Waals surface area contributed by atoms with Gasteiger partial charge in [-0.2, -0.15) is 0 Å². The van der Waals surface area contributed by atoms with Crippen molar-refractivity contribution in [1.82, 2.24) is 5.32 Å². The molecule has 2 rings (SSSR count). The van der Waals surface area contributed by atoms with Gasteiger partial charge in [-0.3, -0.25) is 4.79 Å². The molecule has 0 saturated heterocycles. The Hall–Kier alpha value is -1.45. The molecule has 4 heteroatoms. The van der Waals surface area contributed by atoms with Crippen LogP contribution in [-0.4, -0.2) is 11.2 Å². The first-order valence-corrected chi connectivity index (χ1v) is 8.60. The van der Waals surface area contributed by atoms with Crippen LogP contribution in [0, 0.1) is 6.92 Å². The molecule has 0 aliphatic carbocycles. The maximum atomic E-state index is 12.4. The van der Waals surface area contributed by atoms with Crippen LogP contribution in [0.5, 0.6) is 0 Å². The highest BCUT2D eigenvalue weighted by Gasteiger charge is 2.17. The van der Waals surface area contributed by atoms with E-state index in [9.17, 15) is 4.79 Å². The van der Waals surface area contributed by atoms with Crippen LogP contribution in [0.25, 0.3) is 0 Å². The zero-order chi connectivity index (χ0) is 15.9. The Morgan fingerprint density at radius 1 is 1.18 bits per heavy atom. The second kappa shape index (κ2) is 8.25. The van der Waals surface area contributed by atoms with Gasteiger partial charge in [0, 0.05) is 16.5 Å². The molecule has 0 aliphatic rings. The van der Waals surface area contributed by atoms with Crippen molar-refractivity contribution in [3.8, 4) is 0 Å². The summed E-state index contributed by atoms with van der Waals surface area (Å²) in [6.07, 6.45) is 0.785. The Morgan fingerprint density at radius 3 is 2.50 bits per heavy atom. The van der Waals surface area contributed by atoms with Gasteiger partial charge in [0.1, 0.15) is 0 Å². The summed E-state index contributed by atoms with van der Waals surface area (Å²) in [6.45, 7) is 4.66. The van der Waals surface area contributed by atoms with Crippen molar-refractivity contribution in [2.45, 2.75) is 37.0 Å². The van der Waals surface area contributed by atoms with Gasteiger partial charge in [0.25, 0.3) is 0 Å². The number of thioether (sulfide) groups is 1. The van der Waals surface area contributed by atoms with Crippen LogP contribution in [0.15, 0.2) is 53.4 Å². The molecule has 1 amide bonds. The minimum atomic E-state index is -0.0924. The average molecular weight is 334 g/mol. The van der Waals surface area contributed by atoms with Crippen molar-refractivity contribution in [3.05, 3.63) is 64.7 Å². The van der Waals surface area contributed by atoms with Crippen LogP contribution in [0.1, 0.15) is 24.5 Å². The highest BCUT2D eigenvalue weighted by atomic mass is 35.5. The number of halogens is 1. The van der Waals surface area contributed by atoms with Crippen molar-refractivity contribution in [2.24, 2.45) is 0 Å². The zero-order valence-corrected chi connectivity index (χ0v) is 14.4. The highest BCUT2D eigenvalue weighted by molar-refractivity contribution is 8.00. The fourth-order valence-electron chi connectivity index (χ4n) is 2.10. The predicted molar refractivity (Wildman–Crippen MR) is 94.4 cm³/mol. The highest BCUT2D eigenvalue weighted by Crippen LogP contribution is 2.26. The molecule has 1 atom stereocenters. The van der Waals surface area contributed by atoms with Gasteiger partial charge in [-0.1, -0.05) is 42.8 Å². The van der Waals surface area contributed by atoms with Crippen molar-refractivity contribution in [2.75, 3.05) is 0 Å². The molecule has 2 nitrogen and oxygen atoms in total. The van der Waals surface area contributed by atoms with Gasteiger partial charge < -0.3 is 5.32 Å². The summed E-state index contributed by atoms with van der Waals surface area (Å²) in [7, 11) is 0. The first-order valence-electron chi connectivity index (χ1n) is 7.34. The van der Waals surface area contributed by atoms with E-state index in [2.05, 4.69) is 18.3 Å². The fourth-order valence-corrected chi connectivity index (χ4v) is 3.21. The van der Waals surface area contributed by atoms with E-state index in [0.29, 0.717) is 11.6 Å². The lowest BCUT2D eigenvalue weighted by atomic mass is 10.1. The third-order valence-electron chi connectivity index (χ3n) is 3.47. The van der Waals surface area contributed by atoms with Crippen molar-refractivity contribution in [1.29, 1.82) is 0 Å². The minimum absolute atomic E-state index is 0.0747. The Labute approximate surface area is 141 Å². The summed E-state index contributed by atoms with van der Waals surface area (Å²) < 4.78 is 0. The number of rotatable bonds is 6. The monoisotopic (exact) mass is 333 g/mol. The lowest BCUT2D eigenvalue weighted by Gasteiger charge is -2.15. The van der Waals surface area contributed by atoms with Crippen LogP contribution in [0.2, 0.25) is 5.02 Å². The molecule has 0 spiro atoms. The standard InChI is InChI=1S/C18H20ClNOS/c1-3-17(22-16-10-8-15(19)9-11-16)18(21)20-12-14-7-5-4-6-13(14)2/h4-11,17H,3,12H2,1-2H3,(H,20,21)/t17-/m1/s1. The number of benzene rings is 2. The molecule has 2 aromatic rings. The maximum absolute atomic E-state index is 12.4.